The van der Waals surface area contributed by atoms with Crippen LogP contribution in [0.3, 0.4) is 0 Å². The normalized spacial score (nSPS) is 31.2. The van der Waals surface area contributed by atoms with Crippen LogP contribution in [-0.4, -0.2) is 28.5 Å². The molecule has 0 amide bonds. The summed E-state index contributed by atoms with van der Waals surface area (Å²) in [5.74, 6) is 0.112. The molecule has 3 nitrogen and oxygen atoms in total. The highest BCUT2D eigenvalue weighted by atomic mass is 32.2. The van der Waals surface area contributed by atoms with E-state index in [-0.39, 0.29) is 5.92 Å². The van der Waals surface area contributed by atoms with E-state index in [1.54, 1.807) is 11.9 Å². The number of benzene rings is 1. The summed E-state index contributed by atoms with van der Waals surface area (Å²) in [6.07, 6.45) is 0. The zero-order valence-electron chi connectivity index (χ0n) is 9.67. The lowest BCUT2D eigenvalue weighted by Crippen LogP contribution is -2.19. The summed E-state index contributed by atoms with van der Waals surface area (Å²) in [7, 11) is 0. The van der Waals surface area contributed by atoms with E-state index in [9.17, 15) is 4.79 Å². The molecule has 2 unspecified atom stereocenters. The maximum absolute atomic E-state index is 10.9. The number of aliphatic carboxylic acids is 1. The van der Waals surface area contributed by atoms with Gasteiger partial charge in [0.1, 0.15) is 0 Å². The molecule has 0 radical (unpaired) electrons. The largest absolute Gasteiger partial charge is 0.481 e. The van der Waals surface area contributed by atoms with Crippen molar-refractivity contribution in [3.05, 3.63) is 29.8 Å². The molecule has 2 atom stereocenters. The van der Waals surface area contributed by atoms with Crippen molar-refractivity contribution in [1.29, 1.82) is 0 Å². The number of carboxylic acid groups (broad SMARTS) is 1. The molecule has 90 valence electrons. The zero-order chi connectivity index (χ0) is 12.0. The van der Waals surface area contributed by atoms with Crippen molar-refractivity contribution < 1.29 is 9.90 Å². The first-order chi connectivity index (χ1) is 8.15. The van der Waals surface area contributed by atoms with Gasteiger partial charge in [-0.2, -0.15) is 0 Å². The van der Waals surface area contributed by atoms with Gasteiger partial charge in [0.2, 0.25) is 0 Å². The van der Waals surface area contributed by atoms with Crippen molar-refractivity contribution >= 4 is 17.9 Å². The van der Waals surface area contributed by atoms with Crippen LogP contribution >= 0.6 is 11.9 Å². The first-order valence-corrected chi connectivity index (χ1v) is 6.65. The number of aryl methyl sites for hydroxylation is 1. The van der Waals surface area contributed by atoms with Gasteiger partial charge in [-0.3, -0.25) is 4.79 Å². The number of hydrogen-bond acceptors (Lipinski definition) is 3. The van der Waals surface area contributed by atoms with E-state index in [0.29, 0.717) is 11.8 Å². The minimum absolute atomic E-state index is 0.0649. The molecule has 1 aromatic rings. The summed E-state index contributed by atoms with van der Waals surface area (Å²) >= 11 is 1.75. The maximum atomic E-state index is 10.9. The minimum atomic E-state index is -0.611. The van der Waals surface area contributed by atoms with Crippen LogP contribution in [0.25, 0.3) is 0 Å². The molecule has 0 spiro atoms. The maximum Gasteiger partial charge on any atom is 0.307 e. The standard InChI is InChI=1S/C13H15NO2S/c1-8-2-4-9(5-3-8)17-14-6-10-11(7-14)12(10)13(15)16/h2-5,10-12H,6-7H2,1H3,(H,15,16). The molecule has 1 N–H and O–H groups in total. The summed E-state index contributed by atoms with van der Waals surface area (Å²) in [6, 6.07) is 8.47. The molecular formula is C13H15NO2S. The summed E-state index contributed by atoms with van der Waals surface area (Å²) in [5, 5.41) is 8.94. The van der Waals surface area contributed by atoms with Crippen LogP contribution in [0.15, 0.2) is 29.2 Å². The van der Waals surface area contributed by atoms with Gasteiger partial charge < -0.3 is 5.11 Å². The molecule has 2 fully saturated rings. The second kappa shape index (κ2) is 4.03. The topological polar surface area (TPSA) is 40.5 Å². The highest BCUT2D eigenvalue weighted by Crippen LogP contribution is 2.53. The van der Waals surface area contributed by atoms with E-state index < -0.39 is 5.97 Å². The number of carbonyl (C=O) groups is 1. The Labute approximate surface area is 105 Å². The fourth-order valence-electron chi connectivity index (χ4n) is 2.68. The van der Waals surface area contributed by atoms with E-state index in [1.807, 2.05) is 0 Å². The fraction of sp³-hybridized carbons (Fsp3) is 0.462. The molecule has 4 heteroatoms. The average molecular weight is 249 g/mol. The van der Waals surface area contributed by atoms with Gasteiger partial charge in [-0.25, -0.2) is 4.31 Å². The van der Waals surface area contributed by atoms with Gasteiger partial charge in [-0.1, -0.05) is 17.7 Å². The van der Waals surface area contributed by atoms with Gasteiger partial charge >= 0.3 is 5.97 Å². The monoisotopic (exact) mass is 249 g/mol. The molecule has 17 heavy (non-hydrogen) atoms. The van der Waals surface area contributed by atoms with Crippen molar-refractivity contribution in [2.24, 2.45) is 17.8 Å². The van der Waals surface area contributed by atoms with Gasteiger partial charge in [-0.15, -0.1) is 0 Å². The molecule has 1 aliphatic heterocycles. The minimum Gasteiger partial charge on any atom is -0.481 e. The summed E-state index contributed by atoms with van der Waals surface area (Å²) in [4.78, 5) is 12.1. The smallest absolute Gasteiger partial charge is 0.307 e. The van der Waals surface area contributed by atoms with Crippen LogP contribution in [0.2, 0.25) is 0 Å². The fourth-order valence-corrected chi connectivity index (χ4v) is 3.73. The number of nitrogens with zero attached hydrogens (tertiary/aromatic N) is 1. The Bertz CT molecular complexity index is 433. The second-order valence-electron chi connectivity index (χ2n) is 4.94. The highest BCUT2D eigenvalue weighted by molar-refractivity contribution is 7.97. The van der Waals surface area contributed by atoms with Gasteiger partial charge in [0.25, 0.3) is 0 Å². The Kier molecular flexibility index (Phi) is 2.64. The Hall–Kier alpha value is -1.00. The van der Waals surface area contributed by atoms with Gasteiger partial charge in [0.15, 0.2) is 0 Å². The number of piperidine rings is 1. The van der Waals surface area contributed by atoms with E-state index in [4.69, 9.17) is 5.11 Å². The molecule has 0 aromatic heterocycles. The zero-order valence-corrected chi connectivity index (χ0v) is 10.5. The molecule has 1 aromatic carbocycles. The molecule has 1 heterocycles. The third kappa shape index (κ3) is 2.07. The molecule has 1 aliphatic carbocycles. The quantitative estimate of drug-likeness (QED) is 0.834. The molecule has 0 bridgehead atoms. The highest BCUT2D eigenvalue weighted by Gasteiger charge is 2.59. The van der Waals surface area contributed by atoms with Crippen LogP contribution in [0.1, 0.15) is 5.56 Å². The number of carboxylic acids is 1. The third-order valence-electron chi connectivity index (χ3n) is 3.70. The van der Waals surface area contributed by atoms with Crippen molar-refractivity contribution in [1.82, 2.24) is 4.31 Å². The van der Waals surface area contributed by atoms with Gasteiger partial charge in [0, 0.05) is 18.0 Å². The predicted molar refractivity (Wildman–Crippen MR) is 66.7 cm³/mol. The Morgan fingerprint density at radius 1 is 1.29 bits per heavy atom. The lowest BCUT2D eigenvalue weighted by atomic mass is 10.2. The third-order valence-corrected chi connectivity index (χ3v) is 4.74. The van der Waals surface area contributed by atoms with Gasteiger partial charge in [-0.05, 0) is 42.8 Å². The molecular weight excluding hydrogens is 234 g/mol. The van der Waals surface area contributed by atoms with E-state index in [0.717, 1.165) is 13.1 Å². The van der Waals surface area contributed by atoms with Crippen LogP contribution < -0.4 is 0 Å². The summed E-state index contributed by atoms with van der Waals surface area (Å²) < 4.78 is 2.29. The Morgan fingerprint density at radius 3 is 2.41 bits per heavy atom. The van der Waals surface area contributed by atoms with Crippen LogP contribution in [0.4, 0.5) is 0 Å². The first-order valence-electron chi connectivity index (χ1n) is 5.87. The first kappa shape index (κ1) is 11.1. The van der Waals surface area contributed by atoms with Crippen LogP contribution in [0, 0.1) is 24.7 Å². The number of hydrogen-bond donors (Lipinski definition) is 1. The van der Waals surface area contributed by atoms with Crippen molar-refractivity contribution in [3.63, 3.8) is 0 Å². The van der Waals surface area contributed by atoms with Gasteiger partial charge in [0.05, 0.1) is 5.92 Å². The van der Waals surface area contributed by atoms with E-state index in [2.05, 4.69) is 35.5 Å². The predicted octanol–water partition coefficient (Wildman–Crippen LogP) is 2.26. The lowest BCUT2D eigenvalue weighted by molar-refractivity contribution is -0.139. The van der Waals surface area contributed by atoms with Crippen molar-refractivity contribution in [2.75, 3.05) is 13.1 Å². The molecule has 2 aliphatic rings. The van der Waals surface area contributed by atoms with E-state index in [1.165, 1.54) is 10.5 Å². The average Bonchev–Trinajstić information content (AvgIpc) is 2.81. The SMILES string of the molecule is Cc1ccc(SN2CC3C(C2)C3C(=O)O)cc1. The Balaban J connectivity index is 1.57. The molecule has 3 rings (SSSR count). The van der Waals surface area contributed by atoms with E-state index >= 15 is 0 Å². The summed E-state index contributed by atoms with van der Waals surface area (Å²) in [6.45, 7) is 3.91. The summed E-state index contributed by atoms with van der Waals surface area (Å²) in [5.41, 5.74) is 1.27. The Morgan fingerprint density at radius 2 is 1.88 bits per heavy atom. The second-order valence-corrected chi connectivity index (χ2v) is 6.11. The van der Waals surface area contributed by atoms with Crippen LogP contribution in [0.5, 0.6) is 0 Å². The molecule has 1 saturated carbocycles. The lowest BCUT2D eigenvalue weighted by Gasteiger charge is -2.17. The molecule has 1 saturated heterocycles. The number of fused-ring (bicyclic) bond motifs is 1. The number of rotatable bonds is 3. The van der Waals surface area contributed by atoms with Crippen molar-refractivity contribution in [2.45, 2.75) is 11.8 Å². The van der Waals surface area contributed by atoms with Crippen LogP contribution in [-0.2, 0) is 4.79 Å². The van der Waals surface area contributed by atoms with Crippen molar-refractivity contribution in [3.8, 4) is 0 Å².